The Morgan fingerprint density at radius 2 is 1.86 bits per heavy atom. The summed E-state index contributed by atoms with van der Waals surface area (Å²) in [6.45, 7) is 3.92. The summed E-state index contributed by atoms with van der Waals surface area (Å²) in [6, 6.07) is 28.3. The second kappa shape index (κ2) is 13.4. The molecule has 5 aromatic rings. The second-order valence-corrected chi connectivity index (χ2v) is 11.6. The monoisotopic (exact) mass is 591 g/mol. The lowest BCUT2D eigenvalue weighted by Crippen LogP contribution is -2.55. The Morgan fingerprint density at radius 3 is 2.59 bits per heavy atom. The minimum Gasteiger partial charge on any atom is -0.497 e. The molecular weight excluding hydrogens is 550 g/mol. The molecule has 1 aliphatic heterocycles. The van der Waals surface area contributed by atoms with Crippen molar-refractivity contribution in [2.24, 2.45) is 0 Å². The number of carbonyl (C=O) groups excluding carboxylic acids is 1. The number of aromatic nitrogens is 2. The van der Waals surface area contributed by atoms with Crippen molar-refractivity contribution in [2.75, 3.05) is 32.6 Å². The van der Waals surface area contributed by atoms with Crippen LogP contribution in [0.2, 0.25) is 0 Å². The van der Waals surface area contributed by atoms with Crippen molar-refractivity contribution in [3.63, 3.8) is 0 Å². The number of carbonyl (C=O) groups is 1. The number of hydrogen-bond donors (Lipinski definition) is 2. The number of benzene rings is 3. The maximum atomic E-state index is 13.8. The molecule has 8 heteroatoms. The number of para-hydroxylation sites is 1. The fourth-order valence-corrected chi connectivity index (χ4v) is 6.57. The van der Waals surface area contributed by atoms with Crippen LogP contribution in [-0.2, 0) is 6.42 Å². The summed E-state index contributed by atoms with van der Waals surface area (Å²) < 4.78 is 11.1. The Morgan fingerprint density at radius 1 is 1.07 bits per heavy atom. The van der Waals surface area contributed by atoms with Crippen LogP contribution in [0.15, 0.2) is 95.6 Å². The third kappa shape index (κ3) is 6.36. The Balaban J connectivity index is 1.19. The first-order valence-electron chi connectivity index (χ1n) is 15.5. The van der Waals surface area contributed by atoms with E-state index in [1.807, 2.05) is 66.5 Å². The highest BCUT2D eigenvalue weighted by atomic mass is 16.5. The average Bonchev–Trinajstić information content (AvgIpc) is 3.74. The highest BCUT2D eigenvalue weighted by Crippen LogP contribution is 2.33. The molecule has 2 atom stereocenters. The van der Waals surface area contributed by atoms with Gasteiger partial charge in [-0.15, -0.1) is 0 Å². The van der Waals surface area contributed by atoms with Crippen LogP contribution < -0.4 is 10.1 Å². The lowest BCUT2D eigenvalue weighted by molar-refractivity contribution is 0.0200. The minimum absolute atomic E-state index is 0.0322. The fraction of sp³-hybridized carbons (Fsp3) is 0.333. The molecule has 3 heterocycles. The van der Waals surface area contributed by atoms with Crippen LogP contribution in [0.1, 0.15) is 59.3 Å². The number of likely N-dealkylation sites (tertiary alicyclic amines) is 1. The zero-order valence-electron chi connectivity index (χ0n) is 25.7. The molecule has 228 valence electrons. The van der Waals surface area contributed by atoms with Gasteiger partial charge in [0, 0.05) is 44.1 Å². The number of methoxy groups -OCH3 is 1. The van der Waals surface area contributed by atoms with E-state index in [0.717, 1.165) is 66.4 Å². The maximum absolute atomic E-state index is 13.8. The van der Waals surface area contributed by atoms with Crippen molar-refractivity contribution in [1.29, 1.82) is 0 Å². The van der Waals surface area contributed by atoms with E-state index in [2.05, 4.69) is 52.5 Å². The van der Waals surface area contributed by atoms with Gasteiger partial charge in [0.1, 0.15) is 11.5 Å². The van der Waals surface area contributed by atoms with Crippen LogP contribution in [-0.4, -0.2) is 65.1 Å². The van der Waals surface area contributed by atoms with Crippen LogP contribution in [0.4, 0.5) is 5.95 Å². The third-order valence-corrected chi connectivity index (χ3v) is 8.85. The number of imidazole rings is 1. The van der Waals surface area contributed by atoms with Crippen molar-refractivity contribution < 1.29 is 13.9 Å². The highest BCUT2D eigenvalue weighted by molar-refractivity contribution is 5.94. The van der Waals surface area contributed by atoms with E-state index in [9.17, 15) is 4.79 Å². The van der Waals surface area contributed by atoms with E-state index >= 15 is 0 Å². The summed E-state index contributed by atoms with van der Waals surface area (Å²) in [7, 11) is 3.64. The minimum atomic E-state index is -0.101. The largest absolute Gasteiger partial charge is 0.497 e. The number of likely N-dealkylation sites (N-methyl/N-ethyl adjacent to an activating group) is 1. The van der Waals surface area contributed by atoms with Crippen LogP contribution >= 0.6 is 0 Å². The van der Waals surface area contributed by atoms with Crippen molar-refractivity contribution in [3.8, 4) is 5.75 Å². The fourth-order valence-electron chi connectivity index (χ4n) is 6.57. The maximum Gasteiger partial charge on any atom is 0.254 e. The first kappa shape index (κ1) is 29.5. The van der Waals surface area contributed by atoms with Gasteiger partial charge >= 0.3 is 0 Å². The van der Waals surface area contributed by atoms with Gasteiger partial charge in [0.05, 0.1) is 30.6 Å². The molecule has 6 rings (SSSR count). The Hall–Kier alpha value is -4.56. The molecule has 44 heavy (non-hydrogen) atoms. The molecule has 2 unspecified atom stereocenters. The topological polar surface area (TPSA) is 86.6 Å². The van der Waals surface area contributed by atoms with E-state index in [1.54, 1.807) is 13.4 Å². The molecule has 2 N–H and O–H groups in total. The number of amides is 1. The molecule has 0 bridgehead atoms. The molecule has 3 aromatic carbocycles. The molecule has 0 aliphatic carbocycles. The molecule has 2 aromatic heterocycles. The number of nitrogens with zero attached hydrogens (tertiary/aromatic N) is 3. The summed E-state index contributed by atoms with van der Waals surface area (Å²) in [5.74, 6) is 2.70. The Kier molecular flexibility index (Phi) is 8.98. The highest BCUT2D eigenvalue weighted by Gasteiger charge is 2.36. The van der Waals surface area contributed by atoms with Gasteiger partial charge in [-0.2, -0.15) is 0 Å². The predicted molar refractivity (Wildman–Crippen MR) is 174 cm³/mol. The van der Waals surface area contributed by atoms with Crippen LogP contribution in [0.25, 0.3) is 11.0 Å². The molecular formula is C36H41N5O3. The number of furan rings is 1. The van der Waals surface area contributed by atoms with E-state index in [-0.39, 0.29) is 24.0 Å². The van der Waals surface area contributed by atoms with Crippen LogP contribution in [0.5, 0.6) is 5.75 Å². The summed E-state index contributed by atoms with van der Waals surface area (Å²) in [5.41, 5.74) is 4.99. The van der Waals surface area contributed by atoms with Crippen molar-refractivity contribution in [2.45, 2.75) is 50.7 Å². The van der Waals surface area contributed by atoms with Gasteiger partial charge in [-0.1, -0.05) is 49.4 Å². The number of H-pyrrole nitrogens is 1. The Bertz CT molecular complexity index is 1660. The smallest absolute Gasteiger partial charge is 0.254 e. The van der Waals surface area contributed by atoms with Gasteiger partial charge in [-0.05, 0) is 72.9 Å². The first-order valence-corrected chi connectivity index (χ1v) is 15.5. The van der Waals surface area contributed by atoms with Gasteiger partial charge in [0.25, 0.3) is 5.91 Å². The molecule has 1 amide bonds. The number of piperidine rings is 1. The number of rotatable bonds is 11. The normalized spacial score (nSPS) is 15.6. The second-order valence-electron chi connectivity index (χ2n) is 11.6. The van der Waals surface area contributed by atoms with Crippen LogP contribution in [0.3, 0.4) is 0 Å². The zero-order valence-corrected chi connectivity index (χ0v) is 25.7. The third-order valence-electron chi connectivity index (χ3n) is 8.85. The lowest BCUT2D eigenvalue weighted by Gasteiger charge is -2.45. The van der Waals surface area contributed by atoms with Gasteiger partial charge in [0.15, 0.2) is 0 Å². The van der Waals surface area contributed by atoms with Gasteiger partial charge in [-0.25, -0.2) is 4.98 Å². The van der Waals surface area contributed by atoms with Gasteiger partial charge in [0.2, 0.25) is 5.95 Å². The quantitative estimate of drug-likeness (QED) is 0.173. The summed E-state index contributed by atoms with van der Waals surface area (Å²) in [4.78, 5) is 26.6. The molecule has 1 fully saturated rings. The molecule has 1 aliphatic rings. The molecule has 0 saturated carbocycles. The number of fused-ring (bicyclic) bond motifs is 1. The number of hydrogen-bond acceptors (Lipinski definition) is 6. The SMILES string of the molecule is CCC(c1cccc(OC)c1)C(N1CCC(Nc2nc3c(Cc4ccco4)cccc3[nH]2)CC1)N(C)C(=O)c1ccccc1. The van der Waals surface area contributed by atoms with E-state index in [1.165, 1.54) is 5.56 Å². The molecule has 8 nitrogen and oxygen atoms in total. The number of aromatic amines is 1. The predicted octanol–water partition coefficient (Wildman–Crippen LogP) is 6.92. The number of anilines is 1. The van der Waals surface area contributed by atoms with Gasteiger partial charge in [-0.3, -0.25) is 9.69 Å². The average molecular weight is 592 g/mol. The molecule has 1 saturated heterocycles. The number of ether oxygens (including phenoxy) is 1. The first-order chi connectivity index (χ1) is 21.5. The molecule has 0 spiro atoms. The van der Waals surface area contributed by atoms with E-state index < -0.39 is 0 Å². The van der Waals surface area contributed by atoms with E-state index in [0.29, 0.717) is 12.0 Å². The van der Waals surface area contributed by atoms with Crippen molar-refractivity contribution >= 4 is 22.9 Å². The molecule has 0 radical (unpaired) electrons. The van der Waals surface area contributed by atoms with Crippen molar-refractivity contribution in [1.82, 2.24) is 19.8 Å². The van der Waals surface area contributed by atoms with Crippen molar-refractivity contribution in [3.05, 3.63) is 114 Å². The zero-order chi connectivity index (χ0) is 30.5. The van der Waals surface area contributed by atoms with Gasteiger partial charge < -0.3 is 24.4 Å². The number of nitrogens with one attached hydrogen (secondary N) is 2. The summed E-state index contributed by atoms with van der Waals surface area (Å²) in [6.07, 6.45) is 5.08. The van der Waals surface area contributed by atoms with E-state index in [4.69, 9.17) is 14.1 Å². The Labute approximate surface area is 259 Å². The standard InChI is InChI=1S/C36H41N5O3/c1-4-31(26-13-8-15-29(23-26)43-3)34(40(2)35(42)25-11-6-5-7-12-25)41-20-18-28(19-21-41)37-36-38-32-17-9-14-27(33(32)39-36)24-30-16-10-22-44-30/h5-17,22-23,28,31,34H,4,18-21,24H2,1-3H3,(H2,37,38,39). The summed E-state index contributed by atoms with van der Waals surface area (Å²) in [5, 5.41) is 3.67. The van der Waals surface area contributed by atoms with Crippen LogP contribution in [0, 0.1) is 0 Å². The lowest BCUT2D eigenvalue weighted by atomic mass is 9.89. The summed E-state index contributed by atoms with van der Waals surface area (Å²) >= 11 is 0.